The first-order chi connectivity index (χ1) is 26.8. The smallest absolute Gasteiger partial charge is 0.309 e. The number of aliphatic hydroxyl groups excluding tert-OH is 2. The van der Waals surface area contributed by atoms with Gasteiger partial charge >= 0.3 is 17.9 Å². The number of cyclic esters (lactones) is 1. The van der Waals surface area contributed by atoms with Crippen molar-refractivity contribution in [2.24, 2.45) is 11.8 Å². The monoisotopic (exact) mass is 813 g/mol. The lowest BCUT2D eigenvalue weighted by Crippen LogP contribution is -2.66. The minimum atomic E-state index is -1.49. The molecule has 0 aliphatic carbocycles. The fourth-order valence-corrected chi connectivity index (χ4v) is 7.96. The van der Waals surface area contributed by atoms with Crippen molar-refractivity contribution in [3.8, 4) is 0 Å². The highest BCUT2D eigenvalue weighted by molar-refractivity contribution is 5.72. The van der Waals surface area contributed by atoms with E-state index in [1.54, 1.807) is 71.0 Å². The second kappa shape index (κ2) is 22.5. The second-order valence-electron chi connectivity index (χ2n) is 16.1. The summed E-state index contributed by atoms with van der Waals surface area (Å²) >= 11 is 0. The molecule has 3 aliphatic rings. The van der Waals surface area contributed by atoms with Crippen molar-refractivity contribution in [1.29, 1.82) is 0 Å². The fourth-order valence-electron chi connectivity index (χ4n) is 7.96. The Morgan fingerprint density at radius 1 is 1.02 bits per heavy atom. The van der Waals surface area contributed by atoms with Crippen molar-refractivity contribution in [2.75, 3.05) is 21.2 Å². The highest BCUT2D eigenvalue weighted by Crippen LogP contribution is 2.37. The molecule has 3 rings (SSSR count). The second-order valence-corrected chi connectivity index (χ2v) is 16.1. The summed E-state index contributed by atoms with van der Waals surface area (Å²) in [5.74, 6) is -2.88. The minimum Gasteiger partial charge on any atom is -0.462 e. The lowest BCUT2D eigenvalue weighted by Gasteiger charge is -2.50. The molecule has 3 aliphatic heterocycles. The molecular formula is C41H67NO15. The highest BCUT2D eigenvalue weighted by Gasteiger charge is 2.53. The van der Waals surface area contributed by atoms with E-state index in [0.717, 1.165) is 0 Å². The Hall–Kier alpha value is -2.80. The Bertz CT molecular complexity index is 1350. The van der Waals surface area contributed by atoms with Crippen molar-refractivity contribution in [3.63, 3.8) is 0 Å². The summed E-state index contributed by atoms with van der Waals surface area (Å²) in [7, 11) is 4.85. The van der Waals surface area contributed by atoms with Gasteiger partial charge in [0.15, 0.2) is 18.7 Å². The first kappa shape index (κ1) is 48.6. The molecule has 3 heterocycles. The topological polar surface area (TPSA) is 206 Å². The minimum absolute atomic E-state index is 0.0416. The maximum atomic E-state index is 13.2. The molecule has 0 unspecified atom stereocenters. The van der Waals surface area contributed by atoms with E-state index in [4.69, 9.17) is 37.9 Å². The van der Waals surface area contributed by atoms with Crippen LogP contribution in [0.3, 0.4) is 0 Å². The number of likely N-dealkylation sites (N-methyl/N-ethyl adjacent to an activating group) is 1. The Balaban J connectivity index is 1.99. The van der Waals surface area contributed by atoms with Gasteiger partial charge in [-0.05, 0) is 66.5 Å². The van der Waals surface area contributed by atoms with Gasteiger partial charge in [-0.3, -0.25) is 14.4 Å². The van der Waals surface area contributed by atoms with Crippen LogP contribution in [0.15, 0.2) is 24.3 Å². The standard InChI is InChI=1S/C41H67NO15/c1-11-15-31(46)55-39-26(5)52-33(22-41(39,7)49)56-36-25(4)53-40(35(48)34(36)42(8)9)57-37-28(18-19-43)20-23(2)29(45)17-14-12-13-16-24(3)51-32(47)21-30(38(37)50-10)54-27(6)44/h12-14,17,19,23-26,28-30,33-40,45,48-49H,11,15-16,18,20-22H2,1-10H3/b13-12+,17-14+/t23-,24-,25-,26+,28+,29+,30-,33+,34+,35+,36-,37+,38+,39+,40+,41-/m1/s1. The highest BCUT2D eigenvalue weighted by atomic mass is 16.7. The third-order valence-electron chi connectivity index (χ3n) is 10.8. The van der Waals surface area contributed by atoms with Crippen molar-refractivity contribution >= 4 is 24.2 Å². The summed E-state index contributed by atoms with van der Waals surface area (Å²) in [5, 5.41) is 34.5. The van der Waals surface area contributed by atoms with Gasteiger partial charge in [0.25, 0.3) is 0 Å². The molecule has 0 amide bonds. The Morgan fingerprint density at radius 3 is 2.32 bits per heavy atom. The summed E-state index contributed by atoms with van der Waals surface area (Å²) in [6.07, 6.45) is -3.45. The molecule has 326 valence electrons. The van der Waals surface area contributed by atoms with Gasteiger partial charge in [0, 0.05) is 39.7 Å². The van der Waals surface area contributed by atoms with Gasteiger partial charge in [0.05, 0.1) is 36.9 Å². The summed E-state index contributed by atoms with van der Waals surface area (Å²) in [6, 6.07) is -0.779. The van der Waals surface area contributed by atoms with Gasteiger partial charge in [-0.15, -0.1) is 0 Å². The van der Waals surface area contributed by atoms with E-state index < -0.39 is 121 Å². The van der Waals surface area contributed by atoms with Crippen LogP contribution in [0.5, 0.6) is 0 Å². The van der Waals surface area contributed by atoms with Crippen LogP contribution in [0, 0.1) is 11.8 Å². The number of carbonyl (C=O) groups is 4. The Morgan fingerprint density at radius 2 is 1.72 bits per heavy atom. The number of nitrogens with zero attached hydrogens (tertiary/aromatic N) is 1. The van der Waals surface area contributed by atoms with E-state index >= 15 is 0 Å². The third kappa shape index (κ3) is 13.9. The molecule has 16 heteroatoms. The zero-order valence-electron chi connectivity index (χ0n) is 35.2. The maximum absolute atomic E-state index is 13.2. The lowest BCUT2D eigenvalue weighted by molar-refractivity contribution is -0.344. The number of esters is 3. The molecule has 3 N–H and O–H groups in total. The first-order valence-electron chi connectivity index (χ1n) is 20.1. The molecule has 0 spiro atoms. The normalized spacial score (nSPS) is 41.1. The van der Waals surface area contributed by atoms with E-state index in [1.165, 1.54) is 14.0 Å². The zero-order valence-corrected chi connectivity index (χ0v) is 35.2. The van der Waals surface area contributed by atoms with Crippen LogP contribution < -0.4 is 0 Å². The van der Waals surface area contributed by atoms with Gasteiger partial charge in [0.1, 0.15) is 42.4 Å². The average Bonchev–Trinajstić information content (AvgIpc) is 3.10. The molecule has 2 saturated heterocycles. The number of carbonyl (C=O) groups excluding carboxylic acids is 4. The molecular weight excluding hydrogens is 746 g/mol. The zero-order chi connectivity index (χ0) is 42.6. The molecule has 0 saturated carbocycles. The van der Waals surface area contributed by atoms with E-state index in [9.17, 15) is 34.5 Å². The van der Waals surface area contributed by atoms with Crippen LogP contribution >= 0.6 is 0 Å². The maximum Gasteiger partial charge on any atom is 0.309 e. The summed E-state index contributed by atoms with van der Waals surface area (Å²) in [5.41, 5.74) is -1.49. The summed E-state index contributed by atoms with van der Waals surface area (Å²) < 4.78 is 48.4. The Labute approximate surface area is 337 Å². The van der Waals surface area contributed by atoms with Crippen molar-refractivity contribution < 1.29 is 72.4 Å². The number of ether oxygens (including phenoxy) is 8. The van der Waals surface area contributed by atoms with E-state index in [1.807, 2.05) is 13.8 Å². The summed E-state index contributed by atoms with van der Waals surface area (Å²) in [4.78, 5) is 52.0. The van der Waals surface area contributed by atoms with Gasteiger partial charge in [-0.1, -0.05) is 38.2 Å². The van der Waals surface area contributed by atoms with Gasteiger partial charge in [0.2, 0.25) is 0 Å². The van der Waals surface area contributed by atoms with Crippen molar-refractivity contribution in [2.45, 2.75) is 179 Å². The molecule has 16 nitrogen and oxygen atoms in total. The SMILES string of the molecule is CCCC(=O)O[C@H]1[C@H](C)O[C@@H](O[C@H]2[C@@H](N(C)C)[C@H](O)[C@H](O[C@H]3[C@@H](CC=O)C[C@@H](C)[C@@H](O)/C=C/C=C/C[C@@H](C)OC(=O)C[C@@H](OC(C)=O)[C@@H]3OC)O[C@@H]2C)C[C@@]1(C)O. The molecule has 0 aromatic rings. The lowest BCUT2D eigenvalue weighted by atomic mass is 9.82. The van der Waals surface area contributed by atoms with Gasteiger partial charge in [-0.2, -0.15) is 0 Å². The fraction of sp³-hybridized carbons (Fsp3) is 0.805. The van der Waals surface area contributed by atoms with E-state index in [0.29, 0.717) is 19.1 Å². The van der Waals surface area contributed by atoms with Crippen LogP contribution in [0.4, 0.5) is 0 Å². The van der Waals surface area contributed by atoms with Crippen LogP contribution in [-0.2, 0) is 57.1 Å². The number of allylic oxidation sites excluding steroid dienone is 2. The summed E-state index contributed by atoms with van der Waals surface area (Å²) in [6.45, 7) is 11.6. The van der Waals surface area contributed by atoms with Crippen LogP contribution in [-0.4, -0.2) is 151 Å². The van der Waals surface area contributed by atoms with E-state index in [2.05, 4.69) is 0 Å². The average molecular weight is 814 g/mol. The largest absolute Gasteiger partial charge is 0.462 e. The number of methoxy groups -OCH3 is 1. The molecule has 57 heavy (non-hydrogen) atoms. The van der Waals surface area contributed by atoms with E-state index in [-0.39, 0.29) is 25.7 Å². The van der Waals surface area contributed by atoms with Crippen LogP contribution in [0.2, 0.25) is 0 Å². The third-order valence-corrected chi connectivity index (χ3v) is 10.8. The number of rotatable bonds is 12. The first-order valence-corrected chi connectivity index (χ1v) is 20.1. The van der Waals surface area contributed by atoms with Crippen molar-refractivity contribution in [3.05, 3.63) is 24.3 Å². The predicted octanol–water partition coefficient (Wildman–Crippen LogP) is 2.77. The van der Waals surface area contributed by atoms with Crippen LogP contribution in [0.25, 0.3) is 0 Å². The van der Waals surface area contributed by atoms with Crippen LogP contribution in [0.1, 0.15) is 93.4 Å². The van der Waals surface area contributed by atoms with Crippen molar-refractivity contribution in [1.82, 2.24) is 4.90 Å². The molecule has 0 aromatic heterocycles. The predicted molar refractivity (Wildman–Crippen MR) is 205 cm³/mol. The Kier molecular flexibility index (Phi) is 19.2. The van der Waals surface area contributed by atoms with Gasteiger partial charge < -0.3 is 62.9 Å². The molecule has 0 aromatic carbocycles. The molecule has 0 bridgehead atoms. The quantitative estimate of drug-likeness (QED) is 0.147. The molecule has 2 fully saturated rings. The molecule has 0 radical (unpaired) electrons. The number of hydrogen-bond donors (Lipinski definition) is 3. The number of aliphatic hydroxyl groups is 3. The number of hydrogen-bond acceptors (Lipinski definition) is 16. The molecule has 16 atom stereocenters. The number of aldehydes is 1. The van der Waals surface area contributed by atoms with Gasteiger partial charge in [-0.25, -0.2) is 0 Å².